The lowest BCUT2D eigenvalue weighted by Gasteiger charge is -2.25. The van der Waals surface area contributed by atoms with Crippen molar-refractivity contribution < 1.29 is 19.0 Å². The summed E-state index contributed by atoms with van der Waals surface area (Å²) in [6, 6.07) is 10.2. The smallest absolute Gasteiger partial charge is 0.197 e. The molecule has 0 aliphatic carbocycles. The summed E-state index contributed by atoms with van der Waals surface area (Å²) in [6.07, 6.45) is 0.810. The Bertz CT molecular complexity index is 1140. The van der Waals surface area contributed by atoms with Crippen LogP contribution in [-0.2, 0) is 0 Å². The zero-order valence-corrected chi connectivity index (χ0v) is 17.9. The number of aliphatic hydroxyl groups excluding tert-OH is 1. The summed E-state index contributed by atoms with van der Waals surface area (Å²) in [7, 11) is 5.07. The van der Waals surface area contributed by atoms with Crippen molar-refractivity contribution in [1.29, 1.82) is 0 Å². The van der Waals surface area contributed by atoms with Crippen LogP contribution in [-0.4, -0.2) is 50.5 Å². The summed E-state index contributed by atoms with van der Waals surface area (Å²) < 4.78 is 17.5. The molecule has 1 unspecified atom stereocenters. The van der Waals surface area contributed by atoms with E-state index in [0.29, 0.717) is 38.8 Å². The Morgan fingerprint density at radius 3 is 2.63 bits per heavy atom. The van der Waals surface area contributed by atoms with Gasteiger partial charge in [-0.1, -0.05) is 23.7 Å². The first-order valence-corrected chi connectivity index (χ1v) is 10.2. The van der Waals surface area contributed by atoms with E-state index in [9.17, 15) is 9.90 Å². The van der Waals surface area contributed by atoms with Crippen LogP contribution in [0.25, 0.3) is 22.3 Å². The summed E-state index contributed by atoms with van der Waals surface area (Å²) in [6.45, 7) is 0.820. The van der Waals surface area contributed by atoms with Gasteiger partial charge in [0.15, 0.2) is 5.43 Å². The molecule has 4 rings (SSSR count). The fourth-order valence-corrected chi connectivity index (χ4v) is 4.56. The van der Waals surface area contributed by atoms with E-state index in [4.69, 9.17) is 25.5 Å². The number of methoxy groups -OCH3 is 2. The Hall–Kier alpha value is -2.54. The van der Waals surface area contributed by atoms with E-state index in [0.717, 1.165) is 18.5 Å². The predicted molar refractivity (Wildman–Crippen MR) is 117 cm³/mol. The second-order valence-electron chi connectivity index (χ2n) is 7.51. The van der Waals surface area contributed by atoms with Gasteiger partial charge in [0.1, 0.15) is 28.2 Å². The van der Waals surface area contributed by atoms with Crippen LogP contribution in [0.4, 0.5) is 0 Å². The van der Waals surface area contributed by atoms with Gasteiger partial charge in [-0.15, -0.1) is 0 Å². The minimum absolute atomic E-state index is 0.00391. The standard InChI is InChI=1S/C23H24ClNO5/c1-25-8-7-15(16(25)12-26)21-19(28-2)11-20(29-3)22-17(27)10-18(30-23(21)22)13-5-4-6-14(24)9-13/h4-6,9-11,15-16,26H,7-8,12H2,1-3H3/t15?,16-/m1/s1. The van der Waals surface area contributed by atoms with E-state index in [-0.39, 0.29) is 24.0 Å². The Labute approximate surface area is 179 Å². The van der Waals surface area contributed by atoms with Crippen LogP contribution in [0.15, 0.2) is 45.6 Å². The SMILES string of the molecule is COc1cc(OC)c2c(=O)cc(-c3cccc(Cl)c3)oc2c1C1CCN(C)[C@@H]1CO. The molecular weight excluding hydrogens is 406 g/mol. The fraction of sp³-hybridized carbons (Fsp3) is 0.348. The molecule has 0 amide bonds. The van der Waals surface area contributed by atoms with Crippen molar-refractivity contribution in [3.63, 3.8) is 0 Å². The normalized spacial score (nSPS) is 19.4. The summed E-state index contributed by atoms with van der Waals surface area (Å²) in [5, 5.41) is 10.9. The molecule has 1 N–H and O–H groups in total. The molecule has 0 saturated carbocycles. The number of fused-ring (bicyclic) bond motifs is 1. The van der Waals surface area contributed by atoms with Gasteiger partial charge in [0.2, 0.25) is 0 Å². The Balaban J connectivity index is 2.05. The van der Waals surface area contributed by atoms with Crippen LogP contribution in [0, 0.1) is 0 Å². The molecule has 2 aromatic carbocycles. The van der Waals surface area contributed by atoms with Crippen LogP contribution >= 0.6 is 11.6 Å². The molecule has 0 spiro atoms. The van der Waals surface area contributed by atoms with Gasteiger partial charge in [0.05, 0.1) is 20.8 Å². The molecule has 1 aliphatic heterocycles. The van der Waals surface area contributed by atoms with Gasteiger partial charge in [0, 0.05) is 40.2 Å². The molecular formula is C23H24ClNO5. The maximum atomic E-state index is 13.1. The molecule has 3 aromatic rings. The maximum absolute atomic E-state index is 13.1. The van der Waals surface area contributed by atoms with Gasteiger partial charge >= 0.3 is 0 Å². The number of rotatable bonds is 5. The number of benzene rings is 2. The van der Waals surface area contributed by atoms with E-state index in [1.54, 1.807) is 25.3 Å². The first kappa shape index (κ1) is 20.7. The second-order valence-corrected chi connectivity index (χ2v) is 7.95. The summed E-state index contributed by atoms with van der Waals surface area (Å²) in [5.74, 6) is 1.33. The number of halogens is 1. The average Bonchev–Trinajstić information content (AvgIpc) is 3.12. The van der Waals surface area contributed by atoms with Crippen molar-refractivity contribution in [2.45, 2.75) is 18.4 Å². The lowest BCUT2D eigenvalue weighted by molar-refractivity contribution is 0.171. The highest BCUT2D eigenvalue weighted by Gasteiger charge is 2.37. The molecule has 1 aromatic heterocycles. The highest BCUT2D eigenvalue weighted by Crippen LogP contribution is 2.44. The van der Waals surface area contributed by atoms with Crippen molar-refractivity contribution in [3.05, 3.63) is 57.2 Å². The highest BCUT2D eigenvalue weighted by atomic mass is 35.5. The fourth-order valence-electron chi connectivity index (χ4n) is 4.37. The lowest BCUT2D eigenvalue weighted by Crippen LogP contribution is -2.32. The average molecular weight is 430 g/mol. The molecule has 0 bridgehead atoms. The molecule has 6 nitrogen and oxygen atoms in total. The second kappa shape index (κ2) is 8.30. The quantitative estimate of drug-likeness (QED) is 0.663. The number of hydrogen-bond acceptors (Lipinski definition) is 6. The Kier molecular flexibility index (Phi) is 5.73. The first-order chi connectivity index (χ1) is 14.5. The Morgan fingerprint density at radius 1 is 1.20 bits per heavy atom. The molecule has 30 heavy (non-hydrogen) atoms. The molecule has 158 valence electrons. The number of likely N-dealkylation sites (N-methyl/N-ethyl adjacent to an activating group) is 1. The monoisotopic (exact) mass is 429 g/mol. The Morgan fingerprint density at radius 2 is 1.97 bits per heavy atom. The van der Waals surface area contributed by atoms with Crippen LogP contribution in [0.1, 0.15) is 17.9 Å². The lowest BCUT2D eigenvalue weighted by atomic mass is 9.89. The third-order valence-electron chi connectivity index (χ3n) is 5.90. The largest absolute Gasteiger partial charge is 0.496 e. The summed E-state index contributed by atoms with van der Waals surface area (Å²) >= 11 is 6.14. The molecule has 2 heterocycles. The van der Waals surface area contributed by atoms with Gasteiger partial charge in [-0.3, -0.25) is 4.79 Å². The summed E-state index contributed by atoms with van der Waals surface area (Å²) in [5.41, 5.74) is 1.69. The van der Waals surface area contributed by atoms with Crippen molar-refractivity contribution in [2.75, 3.05) is 34.4 Å². The van der Waals surface area contributed by atoms with Crippen molar-refractivity contribution in [2.24, 2.45) is 0 Å². The van der Waals surface area contributed by atoms with Gasteiger partial charge in [-0.25, -0.2) is 0 Å². The third kappa shape index (κ3) is 3.45. The van der Waals surface area contributed by atoms with E-state index in [1.807, 2.05) is 19.2 Å². The first-order valence-electron chi connectivity index (χ1n) is 9.78. The van der Waals surface area contributed by atoms with Gasteiger partial charge in [-0.2, -0.15) is 0 Å². The minimum Gasteiger partial charge on any atom is -0.496 e. The van der Waals surface area contributed by atoms with Crippen LogP contribution < -0.4 is 14.9 Å². The van der Waals surface area contributed by atoms with Gasteiger partial charge in [-0.05, 0) is 32.1 Å². The van der Waals surface area contributed by atoms with Crippen LogP contribution in [0.2, 0.25) is 5.02 Å². The van der Waals surface area contributed by atoms with Gasteiger partial charge < -0.3 is 23.9 Å². The molecule has 1 fully saturated rings. The molecule has 0 radical (unpaired) electrons. The van der Waals surface area contributed by atoms with E-state index in [2.05, 4.69) is 4.90 Å². The number of hydrogen-bond donors (Lipinski definition) is 1. The molecule has 2 atom stereocenters. The molecule has 1 saturated heterocycles. The van der Waals surface area contributed by atoms with Crippen molar-refractivity contribution in [1.82, 2.24) is 4.90 Å². The number of ether oxygens (including phenoxy) is 2. The number of likely N-dealkylation sites (tertiary alicyclic amines) is 1. The van der Waals surface area contributed by atoms with E-state index < -0.39 is 0 Å². The van der Waals surface area contributed by atoms with Crippen molar-refractivity contribution in [3.8, 4) is 22.8 Å². The highest BCUT2D eigenvalue weighted by molar-refractivity contribution is 6.30. The third-order valence-corrected chi connectivity index (χ3v) is 6.13. The van der Waals surface area contributed by atoms with Crippen LogP contribution in [0.5, 0.6) is 11.5 Å². The zero-order chi connectivity index (χ0) is 21.4. The zero-order valence-electron chi connectivity index (χ0n) is 17.1. The van der Waals surface area contributed by atoms with E-state index >= 15 is 0 Å². The topological polar surface area (TPSA) is 72.1 Å². The summed E-state index contributed by atoms with van der Waals surface area (Å²) in [4.78, 5) is 15.3. The number of aliphatic hydroxyl groups is 1. The number of nitrogens with zero attached hydrogens (tertiary/aromatic N) is 1. The molecule has 1 aliphatic rings. The minimum atomic E-state index is -0.209. The van der Waals surface area contributed by atoms with E-state index in [1.165, 1.54) is 13.2 Å². The van der Waals surface area contributed by atoms with Crippen LogP contribution in [0.3, 0.4) is 0 Å². The van der Waals surface area contributed by atoms with Crippen molar-refractivity contribution >= 4 is 22.6 Å². The van der Waals surface area contributed by atoms with Gasteiger partial charge in [0.25, 0.3) is 0 Å². The molecule has 7 heteroatoms. The maximum Gasteiger partial charge on any atom is 0.197 e. The predicted octanol–water partition coefficient (Wildman–Crippen LogP) is 3.91.